The van der Waals surface area contributed by atoms with Gasteiger partial charge in [-0.3, -0.25) is 0 Å². The van der Waals surface area contributed by atoms with E-state index in [0.717, 1.165) is 12.0 Å². The molecule has 1 rings (SSSR count). The van der Waals surface area contributed by atoms with E-state index in [1.165, 1.54) is 12.1 Å². The summed E-state index contributed by atoms with van der Waals surface area (Å²) in [7, 11) is 0. The topological polar surface area (TPSA) is 32.3 Å². The van der Waals surface area contributed by atoms with Crippen molar-refractivity contribution < 1.29 is 9.50 Å². The molecule has 0 heterocycles. The van der Waals surface area contributed by atoms with Crippen molar-refractivity contribution in [2.24, 2.45) is 0 Å². The van der Waals surface area contributed by atoms with Crippen LogP contribution in [0.5, 0.6) is 0 Å². The van der Waals surface area contributed by atoms with E-state index in [9.17, 15) is 4.39 Å². The number of hydrogen-bond acceptors (Lipinski definition) is 2. The molecule has 2 N–H and O–H groups in total. The molecule has 0 aliphatic rings. The van der Waals surface area contributed by atoms with Crippen molar-refractivity contribution in [1.29, 1.82) is 0 Å². The van der Waals surface area contributed by atoms with Gasteiger partial charge in [0.2, 0.25) is 0 Å². The van der Waals surface area contributed by atoms with E-state index < -0.39 is 5.82 Å². The molecule has 0 aliphatic carbocycles. The lowest BCUT2D eigenvalue weighted by Gasteiger charge is -2.13. The van der Waals surface area contributed by atoms with Crippen LogP contribution < -0.4 is 5.32 Å². The highest BCUT2D eigenvalue weighted by Crippen LogP contribution is 2.15. The number of aliphatic hydroxyl groups is 1. The van der Waals surface area contributed by atoms with Crippen molar-refractivity contribution in [3.05, 3.63) is 34.6 Å². The number of halogens is 2. The minimum absolute atomic E-state index is 0.0590. The maximum Gasteiger partial charge on any atom is 0.142 e. The van der Waals surface area contributed by atoms with Gasteiger partial charge in [-0.1, -0.05) is 24.6 Å². The van der Waals surface area contributed by atoms with Crippen molar-refractivity contribution in [3.8, 4) is 0 Å². The van der Waals surface area contributed by atoms with Gasteiger partial charge in [0.05, 0.1) is 11.6 Å². The lowest BCUT2D eigenvalue weighted by molar-refractivity contribution is 0.238. The van der Waals surface area contributed by atoms with Gasteiger partial charge in [-0.25, -0.2) is 4.39 Å². The number of hydrogen-bond donors (Lipinski definition) is 2. The fourth-order valence-corrected chi connectivity index (χ4v) is 1.37. The molecule has 0 aromatic heterocycles. The molecule has 2 nitrogen and oxygen atoms in total. The molecule has 0 fully saturated rings. The average molecular weight is 232 g/mol. The van der Waals surface area contributed by atoms with Crippen LogP contribution in [0, 0.1) is 5.82 Å². The maximum atomic E-state index is 13.1. The summed E-state index contributed by atoms with van der Waals surface area (Å²) >= 11 is 5.56. The molecule has 0 radical (unpaired) electrons. The van der Waals surface area contributed by atoms with Crippen molar-refractivity contribution in [2.45, 2.75) is 25.9 Å². The molecule has 0 spiro atoms. The molecule has 0 saturated carbocycles. The van der Waals surface area contributed by atoms with E-state index in [-0.39, 0.29) is 17.7 Å². The highest BCUT2D eigenvalue weighted by molar-refractivity contribution is 6.30. The molecule has 0 bridgehead atoms. The second-order valence-corrected chi connectivity index (χ2v) is 3.82. The second-order valence-electron chi connectivity index (χ2n) is 3.42. The van der Waals surface area contributed by atoms with E-state index in [1.54, 1.807) is 6.07 Å². The van der Waals surface area contributed by atoms with Crippen molar-refractivity contribution in [2.75, 3.05) is 6.61 Å². The molecular formula is C11H15ClFNO. The average Bonchev–Trinajstić information content (AvgIpc) is 2.24. The fraction of sp³-hybridized carbons (Fsp3) is 0.455. The Morgan fingerprint density at radius 3 is 2.80 bits per heavy atom. The summed E-state index contributed by atoms with van der Waals surface area (Å²) in [5.74, 6) is -0.409. The zero-order chi connectivity index (χ0) is 11.3. The number of nitrogens with one attached hydrogen (secondary N) is 1. The van der Waals surface area contributed by atoms with Crippen molar-refractivity contribution in [1.82, 2.24) is 5.32 Å². The predicted molar refractivity (Wildman–Crippen MR) is 59.4 cm³/mol. The predicted octanol–water partition coefficient (Wildman–Crippen LogP) is 2.34. The highest BCUT2D eigenvalue weighted by atomic mass is 35.5. The molecule has 84 valence electrons. The lowest BCUT2D eigenvalue weighted by Crippen LogP contribution is -2.31. The lowest BCUT2D eigenvalue weighted by atomic mass is 10.2. The van der Waals surface area contributed by atoms with Crippen LogP contribution in [0.1, 0.15) is 18.9 Å². The first-order chi connectivity index (χ1) is 7.17. The van der Waals surface area contributed by atoms with Gasteiger partial charge in [-0.2, -0.15) is 0 Å². The normalized spacial score (nSPS) is 12.8. The standard InChI is InChI=1S/C11H15ClFNO/c1-2-9(7-15)14-6-8-3-4-10(12)11(13)5-8/h3-5,9,14-15H,2,6-7H2,1H3. The summed E-state index contributed by atoms with van der Waals surface area (Å²) in [6.07, 6.45) is 0.840. The zero-order valence-corrected chi connectivity index (χ0v) is 9.39. The van der Waals surface area contributed by atoms with Gasteiger partial charge in [-0.15, -0.1) is 0 Å². The first-order valence-electron chi connectivity index (χ1n) is 4.95. The monoisotopic (exact) mass is 231 g/mol. The molecule has 1 aromatic rings. The minimum Gasteiger partial charge on any atom is -0.395 e. The summed E-state index contributed by atoms with van der Waals surface area (Å²) in [5.41, 5.74) is 0.823. The van der Waals surface area contributed by atoms with Crippen molar-refractivity contribution in [3.63, 3.8) is 0 Å². The summed E-state index contributed by atoms with van der Waals surface area (Å²) < 4.78 is 13.1. The van der Waals surface area contributed by atoms with Gasteiger partial charge < -0.3 is 10.4 Å². The fourth-order valence-electron chi connectivity index (χ4n) is 1.25. The molecule has 1 atom stereocenters. The van der Waals surface area contributed by atoms with Crippen LogP contribution >= 0.6 is 11.6 Å². The van der Waals surface area contributed by atoms with Crippen LogP contribution in [0.4, 0.5) is 4.39 Å². The number of rotatable bonds is 5. The van der Waals surface area contributed by atoms with E-state index in [4.69, 9.17) is 16.7 Å². The van der Waals surface area contributed by atoms with Gasteiger partial charge in [0.15, 0.2) is 0 Å². The third kappa shape index (κ3) is 3.78. The van der Waals surface area contributed by atoms with Crippen LogP contribution in [0.2, 0.25) is 5.02 Å². The van der Waals surface area contributed by atoms with E-state index in [1.807, 2.05) is 6.92 Å². The van der Waals surface area contributed by atoms with E-state index >= 15 is 0 Å². The van der Waals surface area contributed by atoms with Crippen LogP contribution in [0.25, 0.3) is 0 Å². The maximum absolute atomic E-state index is 13.1. The molecule has 0 saturated heterocycles. The third-order valence-electron chi connectivity index (χ3n) is 2.29. The first kappa shape index (κ1) is 12.4. The zero-order valence-electron chi connectivity index (χ0n) is 8.63. The Morgan fingerprint density at radius 1 is 1.53 bits per heavy atom. The smallest absolute Gasteiger partial charge is 0.142 e. The van der Waals surface area contributed by atoms with Crippen LogP contribution in [-0.4, -0.2) is 17.8 Å². The molecule has 0 amide bonds. The quantitative estimate of drug-likeness (QED) is 0.815. The summed E-state index contributed by atoms with van der Waals surface area (Å²) in [5, 5.41) is 12.2. The highest BCUT2D eigenvalue weighted by Gasteiger charge is 2.05. The summed E-state index contributed by atoms with van der Waals surface area (Å²) in [6, 6.07) is 4.76. The van der Waals surface area contributed by atoms with E-state index in [0.29, 0.717) is 6.54 Å². The van der Waals surface area contributed by atoms with Gasteiger partial charge in [0, 0.05) is 12.6 Å². The van der Waals surface area contributed by atoms with E-state index in [2.05, 4.69) is 5.32 Å². The Bertz CT molecular complexity index is 315. The molecule has 0 aliphatic heterocycles. The Morgan fingerprint density at radius 2 is 2.27 bits per heavy atom. The molecule has 1 aromatic carbocycles. The van der Waals surface area contributed by atoms with Crippen LogP contribution in [-0.2, 0) is 6.54 Å². The van der Waals surface area contributed by atoms with Crippen LogP contribution in [0.15, 0.2) is 18.2 Å². The Kier molecular flexibility index (Phi) is 5.02. The molecule has 4 heteroatoms. The minimum atomic E-state index is -0.409. The van der Waals surface area contributed by atoms with Gasteiger partial charge in [-0.05, 0) is 24.1 Å². The Hall–Kier alpha value is -0.640. The SMILES string of the molecule is CCC(CO)NCc1ccc(Cl)c(F)c1. The molecular weight excluding hydrogens is 217 g/mol. The van der Waals surface area contributed by atoms with Gasteiger partial charge in [0.25, 0.3) is 0 Å². The van der Waals surface area contributed by atoms with Gasteiger partial charge >= 0.3 is 0 Å². The summed E-state index contributed by atoms with van der Waals surface area (Å²) in [4.78, 5) is 0. The largest absolute Gasteiger partial charge is 0.395 e. The van der Waals surface area contributed by atoms with Crippen LogP contribution in [0.3, 0.4) is 0 Å². The third-order valence-corrected chi connectivity index (χ3v) is 2.60. The Labute approximate surface area is 94.1 Å². The molecule has 15 heavy (non-hydrogen) atoms. The summed E-state index contributed by atoms with van der Waals surface area (Å²) in [6.45, 7) is 2.61. The number of benzene rings is 1. The first-order valence-corrected chi connectivity index (χ1v) is 5.33. The van der Waals surface area contributed by atoms with Crippen molar-refractivity contribution >= 4 is 11.6 Å². The Balaban J connectivity index is 2.54. The molecule has 1 unspecified atom stereocenters. The number of aliphatic hydroxyl groups excluding tert-OH is 1. The van der Waals surface area contributed by atoms with Gasteiger partial charge in [0.1, 0.15) is 5.82 Å². The second kappa shape index (κ2) is 6.05.